The Kier molecular flexibility index (Phi) is 4.88. The second-order valence-electron chi connectivity index (χ2n) is 7.23. The van der Waals surface area contributed by atoms with E-state index >= 15 is 0 Å². The van der Waals surface area contributed by atoms with E-state index in [-0.39, 0.29) is 22.8 Å². The number of nitrogens with one attached hydrogen (secondary N) is 1. The van der Waals surface area contributed by atoms with Crippen LogP contribution in [0.4, 0.5) is 11.5 Å². The molecule has 0 spiro atoms. The fraction of sp³-hybridized carbons (Fsp3) is 0.316. The Bertz CT molecular complexity index is 1060. The van der Waals surface area contributed by atoms with Crippen LogP contribution in [0.3, 0.4) is 0 Å². The zero-order valence-electron chi connectivity index (χ0n) is 16.3. The second-order valence-corrected chi connectivity index (χ2v) is 7.23. The maximum Gasteiger partial charge on any atom is 0.243 e. The summed E-state index contributed by atoms with van der Waals surface area (Å²) in [5.74, 6) is 0.786. The monoisotopic (exact) mass is 379 g/mol. The van der Waals surface area contributed by atoms with E-state index in [1.54, 1.807) is 38.3 Å². The number of nitriles is 1. The van der Waals surface area contributed by atoms with Crippen LogP contribution in [0, 0.1) is 18.3 Å². The van der Waals surface area contributed by atoms with E-state index in [2.05, 4.69) is 31.6 Å². The van der Waals surface area contributed by atoms with Gasteiger partial charge in [0.25, 0.3) is 0 Å². The summed E-state index contributed by atoms with van der Waals surface area (Å²) in [5.41, 5.74) is 1.98. The van der Waals surface area contributed by atoms with Crippen molar-refractivity contribution >= 4 is 11.5 Å². The molecule has 0 radical (unpaired) electrons. The topological polar surface area (TPSA) is 124 Å². The van der Waals surface area contributed by atoms with E-state index < -0.39 is 0 Å². The summed E-state index contributed by atoms with van der Waals surface area (Å²) >= 11 is 0. The van der Waals surface area contributed by atoms with E-state index in [0.717, 1.165) is 0 Å². The molecule has 1 aromatic carbocycles. The summed E-state index contributed by atoms with van der Waals surface area (Å²) < 4.78 is 6.50. The fourth-order valence-corrected chi connectivity index (χ4v) is 2.68. The minimum absolute atomic E-state index is 0.152. The Labute approximate surface area is 162 Å². The molecule has 0 fully saturated rings. The number of methoxy groups -OCH3 is 1. The van der Waals surface area contributed by atoms with E-state index in [1.807, 2.05) is 20.8 Å². The van der Waals surface area contributed by atoms with Crippen LogP contribution in [0.5, 0.6) is 11.6 Å². The SMILES string of the molecule is COc1ccc(-n2nc(C)c(/N=N/c3[nH]nc(C(C)(C)C)c3C#N)c2O)cc1. The average molecular weight is 379 g/mol. The van der Waals surface area contributed by atoms with Crippen LogP contribution in [0.1, 0.15) is 37.7 Å². The molecule has 144 valence electrons. The molecule has 0 aliphatic heterocycles. The van der Waals surface area contributed by atoms with Crippen LogP contribution in [-0.4, -0.2) is 32.2 Å². The van der Waals surface area contributed by atoms with Crippen molar-refractivity contribution in [3.63, 3.8) is 0 Å². The lowest BCUT2D eigenvalue weighted by Gasteiger charge is -2.14. The van der Waals surface area contributed by atoms with Gasteiger partial charge in [0.1, 0.15) is 17.4 Å². The number of benzene rings is 1. The largest absolute Gasteiger partial charge is 0.497 e. The lowest BCUT2D eigenvalue weighted by Crippen LogP contribution is -2.13. The molecule has 3 rings (SSSR count). The van der Waals surface area contributed by atoms with Crippen molar-refractivity contribution in [2.24, 2.45) is 10.2 Å². The van der Waals surface area contributed by atoms with Crippen molar-refractivity contribution in [2.45, 2.75) is 33.1 Å². The van der Waals surface area contributed by atoms with Gasteiger partial charge in [0.2, 0.25) is 5.88 Å². The standard InChI is InChI=1S/C19H21N7O2/c1-11-15(18(27)26(25-11)12-6-8-13(28-5)9-7-12)21-23-17-14(10-20)16(22-24-17)19(2,3)4/h6-9,27H,1-5H3,(H,22,24)/b23-21+. The normalized spacial score (nSPS) is 11.7. The van der Waals surface area contributed by atoms with Crippen LogP contribution in [0.2, 0.25) is 0 Å². The quantitative estimate of drug-likeness (QED) is 0.657. The molecule has 2 heterocycles. The van der Waals surface area contributed by atoms with Gasteiger partial charge in [0.15, 0.2) is 11.5 Å². The van der Waals surface area contributed by atoms with Gasteiger partial charge in [0.05, 0.1) is 24.2 Å². The first-order valence-corrected chi connectivity index (χ1v) is 8.60. The zero-order valence-corrected chi connectivity index (χ0v) is 16.3. The maximum absolute atomic E-state index is 10.6. The first-order valence-electron chi connectivity index (χ1n) is 8.60. The van der Waals surface area contributed by atoms with Gasteiger partial charge in [-0.2, -0.15) is 20.1 Å². The number of ether oxygens (including phenoxy) is 1. The predicted octanol–water partition coefficient (Wildman–Crippen LogP) is 4.20. The number of hydrogen-bond acceptors (Lipinski definition) is 7. The summed E-state index contributed by atoms with van der Waals surface area (Å²) in [5, 5.41) is 39.5. The van der Waals surface area contributed by atoms with Crippen LogP contribution in [0.25, 0.3) is 5.69 Å². The second kappa shape index (κ2) is 7.15. The Morgan fingerprint density at radius 1 is 1.21 bits per heavy atom. The zero-order chi connectivity index (χ0) is 20.5. The number of H-pyrrole nitrogens is 1. The molecule has 0 amide bonds. The van der Waals surface area contributed by atoms with Gasteiger partial charge in [0, 0.05) is 5.41 Å². The van der Waals surface area contributed by atoms with Gasteiger partial charge in [-0.25, -0.2) is 0 Å². The molecule has 0 aliphatic carbocycles. The molecule has 0 saturated carbocycles. The number of azo groups is 1. The Morgan fingerprint density at radius 2 is 1.89 bits per heavy atom. The van der Waals surface area contributed by atoms with Crippen molar-refractivity contribution in [1.29, 1.82) is 5.26 Å². The number of aromatic hydroxyl groups is 1. The molecule has 9 nitrogen and oxygen atoms in total. The smallest absolute Gasteiger partial charge is 0.243 e. The molecular formula is C19H21N7O2. The van der Waals surface area contributed by atoms with Gasteiger partial charge < -0.3 is 9.84 Å². The van der Waals surface area contributed by atoms with Gasteiger partial charge in [-0.3, -0.25) is 5.10 Å². The highest BCUT2D eigenvalue weighted by molar-refractivity contribution is 5.56. The summed E-state index contributed by atoms with van der Waals surface area (Å²) in [6, 6.07) is 9.19. The summed E-state index contributed by atoms with van der Waals surface area (Å²) in [4.78, 5) is 0. The molecule has 0 unspecified atom stereocenters. The Morgan fingerprint density at radius 3 is 2.46 bits per heavy atom. The van der Waals surface area contributed by atoms with Crippen molar-refractivity contribution in [1.82, 2.24) is 20.0 Å². The molecule has 0 aliphatic rings. The first-order chi connectivity index (χ1) is 13.3. The Balaban J connectivity index is 1.97. The van der Waals surface area contributed by atoms with E-state index in [9.17, 15) is 10.4 Å². The number of aryl methyl sites for hydroxylation is 1. The lowest BCUT2D eigenvalue weighted by molar-refractivity contribution is 0.414. The van der Waals surface area contributed by atoms with Crippen molar-refractivity contribution in [2.75, 3.05) is 7.11 Å². The lowest BCUT2D eigenvalue weighted by atomic mass is 9.90. The third kappa shape index (κ3) is 3.44. The highest BCUT2D eigenvalue weighted by Gasteiger charge is 2.24. The fourth-order valence-electron chi connectivity index (χ4n) is 2.68. The third-order valence-corrected chi connectivity index (χ3v) is 4.14. The van der Waals surface area contributed by atoms with Gasteiger partial charge >= 0.3 is 0 Å². The minimum atomic E-state index is -0.313. The third-order valence-electron chi connectivity index (χ3n) is 4.14. The molecule has 0 saturated heterocycles. The average Bonchev–Trinajstić information content (AvgIpc) is 3.20. The summed E-state index contributed by atoms with van der Waals surface area (Å²) in [7, 11) is 1.58. The number of aromatic nitrogens is 4. The van der Waals surface area contributed by atoms with Crippen LogP contribution >= 0.6 is 0 Å². The molecule has 0 atom stereocenters. The maximum atomic E-state index is 10.6. The predicted molar refractivity (Wildman–Crippen MR) is 103 cm³/mol. The molecule has 28 heavy (non-hydrogen) atoms. The summed E-state index contributed by atoms with van der Waals surface area (Å²) in [6.07, 6.45) is 0. The minimum Gasteiger partial charge on any atom is -0.497 e. The highest BCUT2D eigenvalue weighted by Crippen LogP contribution is 2.35. The van der Waals surface area contributed by atoms with E-state index in [0.29, 0.717) is 28.4 Å². The molecule has 2 aromatic heterocycles. The van der Waals surface area contributed by atoms with Crippen molar-refractivity contribution < 1.29 is 9.84 Å². The first kappa shape index (κ1) is 19.1. The molecule has 3 aromatic rings. The van der Waals surface area contributed by atoms with Crippen molar-refractivity contribution in [3.05, 3.63) is 41.2 Å². The number of aromatic amines is 1. The number of rotatable bonds is 4. The summed E-state index contributed by atoms with van der Waals surface area (Å²) in [6.45, 7) is 7.59. The van der Waals surface area contributed by atoms with Crippen LogP contribution < -0.4 is 4.74 Å². The van der Waals surface area contributed by atoms with E-state index in [4.69, 9.17) is 4.74 Å². The van der Waals surface area contributed by atoms with Crippen molar-refractivity contribution in [3.8, 4) is 23.4 Å². The van der Waals surface area contributed by atoms with E-state index in [1.165, 1.54) is 4.68 Å². The molecule has 0 bridgehead atoms. The number of hydrogen-bond donors (Lipinski definition) is 2. The van der Waals surface area contributed by atoms with Gasteiger partial charge in [-0.15, -0.1) is 10.2 Å². The van der Waals surface area contributed by atoms with Gasteiger partial charge in [-0.05, 0) is 31.2 Å². The van der Waals surface area contributed by atoms with Crippen LogP contribution in [0.15, 0.2) is 34.5 Å². The van der Waals surface area contributed by atoms with Crippen LogP contribution in [-0.2, 0) is 5.41 Å². The number of nitrogens with zero attached hydrogens (tertiary/aromatic N) is 6. The van der Waals surface area contributed by atoms with Gasteiger partial charge in [-0.1, -0.05) is 20.8 Å². The highest BCUT2D eigenvalue weighted by atomic mass is 16.5. The Hall–Kier alpha value is -3.67. The molecule has 9 heteroatoms. The molecular weight excluding hydrogens is 358 g/mol. The molecule has 2 N–H and O–H groups in total.